The molecule has 2 atom stereocenters. The van der Waals surface area contributed by atoms with E-state index in [0.717, 1.165) is 16.8 Å². The molecule has 0 spiro atoms. The van der Waals surface area contributed by atoms with Gasteiger partial charge < -0.3 is 19.5 Å². The number of ketones is 1. The highest BCUT2D eigenvalue weighted by molar-refractivity contribution is 6.04. The molecule has 0 saturated heterocycles. The number of nitrogens with one attached hydrogen (secondary N) is 1. The molecule has 1 aliphatic heterocycles. The van der Waals surface area contributed by atoms with Crippen molar-refractivity contribution < 1.29 is 23.8 Å². The average Bonchev–Trinajstić information content (AvgIpc) is 2.95. The number of hydrogen-bond acceptors (Lipinski definition) is 6. The number of carbonyl (C=O) groups is 2. The summed E-state index contributed by atoms with van der Waals surface area (Å²) in [5.41, 5.74) is 4.49. The van der Waals surface area contributed by atoms with E-state index in [2.05, 4.69) is 17.4 Å². The van der Waals surface area contributed by atoms with Crippen LogP contribution in [0.25, 0.3) is 0 Å². The van der Waals surface area contributed by atoms with Crippen molar-refractivity contribution in [2.24, 2.45) is 0 Å². The smallest absolute Gasteiger partial charge is 0.336 e. The van der Waals surface area contributed by atoms with Crippen LogP contribution in [-0.4, -0.2) is 31.1 Å². The standard InChI is InChI=1S/C34H35NO5/c1-22(2)40-30-17-11-10-16-27(30)32-31(34(37)39-19-18-38-26-14-8-5-9-15-26)23(3)35-28-20-25(21-29(36)33(28)32)24-12-6-4-7-13-24/h4-17,22,25,32,35H,18-21H2,1-3H3/t25-,32+/m1/s1. The van der Waals surface area contributed by atoms with Crippen LogP contribution in [0.2, 0.25) is 0 Å². The van der Waals surface area contributed by atoms with Crippen molar-refractivity contribution in [1.82, 2.24) is 5.32 Å². The zero-order chi connectivity index (χ0) is 28.1. The Morgan fingerprint density at radius 2 is 1.57 bits per heavy atom. The number of ether oxygens (including phenoxy) is 3. The van der Waals surface area contributed by atoms with E-state index < -0.39 is 11.9 Å². The number of benzene rings is 3. The number of para-hydroxylation sites is 2. The van der Waals surface area contributed by atoms with E-state index in [1.54, 1.807) is 0 Å². The van der Waals surface area contributed by atoms with Crippen molar-refractivity contribution in [3.05, 3.63) is 119 Å². The molecule has 206 valence electrons. The molecule has 6 nitrogen and oxygen atoms in total. The zero-order valence-electron chi connectivity index (χ0n) is 23.2. The van der Waals surface area contributed by atoms with Crippen LogP contribution < -0.4 is 14.8 Å². The molecule has 0 amide bonds. The molecule has 0 fully saturated rings. The van der Waals surface area contributed by atoms with Gasteiger partial charge in [0, 0.05) is 29.0 Å². The first-order chi connectivity index (χ1) is 19.4. The van der Waals surface area contributed by atoms with E-state index >= 15 is 0 Å². The number of rotatable bonds is 9. The maximum atomic E-state index is 13.9. The molecule has 0 bridgehead atoms. The second-order valence-electron chi connectivity index (χ2n) is 10.4. The Labute approximate surface area is 235 Å². The fourth-order valence-corrected chi connectivity index (χ4v) is 5.55. The van der Waals surface area contributed by atoms with Crippen molar-refractivity contribution in [2.75, 3.05) is 13.2 Å². The molecule has 0 aromatic heterocycles. The molecule has 2 aliphatic rings. The monoisotopic (exact) mass is 537 g/mol. The number of allylic oxidation sites excluding steroid dienone is 3. The molecule has 3 aromatic rings. The maximum Gasteiger partial charge on any atom is 0.336 e. The second kappa shape index (κ2) is 12.2. The molecule has 40 heavy (non-hydrogen) atoms. The van der Waals surface area contributed by atoms with Gasteiger partial charge in [0.05, 0.1) is 17.6 Å². The van der Waals surface area contributed by atoms with Gasteiger partial charge in [-0.1, -0.05) is 66.7 Å². The van der Waals surface area contributed by atoms with Gasteiger partial charge in [0.15, 0.2) is 5.78 Å². The van der Waals surface area contributed by atoms with Crippen LogP contribution in [0.1, 0.15) is 56.6 Å². The summed E-state index contributed by atoms with van der Waals surface area (Å²) in [4.78, 5) is 27.5. The van der Waals surface area contributed by atoms with Gasteiger partial charge >= 0.3 is 5.97 Å². The van der Waals surface area contributed by atoms with Crippen LogP contribution in [0.4, 0.5) is 0 Å². The fourth-order valence-electron chi connectivity index (χ4n) is 5.55. The van der Waals surface area contributed by atoms with E-state index in [0.29, 0.717) is 41.2 Å². The van der Waals surface area contributed by atoms with Crippen molar-refractivity contribution in [2.45, 2.75) is 51.6 Å². The summed E-state index contributed by atoms with van der Waals surface area (Å²) in [7, 11) is 0. The molecular formula is C34H35NO5. The quantitative estimate of drug-likeness (QED) is 0.250. The lowest BCUT2D eigenvalue weighted by molar-refractivity contribution is -0.140. The molecule has 0 unspecified atom stereocenters. The number of Topliss-reactive ketones (excluding diaryl/α,β-unsaturated/α-hetero) is 1. The first-order valence-corrected chi connectivity index (χ1v) is 13.8. The van der Waals surface area contributed by atoms with Crippen LogP contribution in [0.15, 0.2) is 107 Å². The highest BCUT2D eigenvalue weighted by Crippen LogP contribution is 2.47. The van der Waals surface area contributed by atoms with Crippen molar-refractivity contribution in [1.29, 1.82) is 0 Å². The minimum absolute atomic E-state index is 0.0252. The zero-order valence-corrected chi connectivity index (χ0v) is 23.2. The first-order valence-electron chi connectivity index (χ1n) is 13.8. The molecule has 6 heteroatoms. The van der Waals surface area contributed by atoms with Gasteiger partial charge in [0.1, 0.15) is 24.7 Å². The Bertz CT molecular complexity index is 1420. The van der Waals surface area contributed by atoms with E-state index in [-0.39, 0.29) is 31.0 Å². The Morgan fingerprint density at radius 3 is 2.30 bits per heavy atom. The average molecular weight is 538 g/mol. The van der Waals surface area contributed by atoms with Gasteiger partial charge in [0.25, 0.3) is 0 Å². The first kappa shape index (κ1) is 27.3. The lowest BCUT2D eigenvalue weighted by Gasteiger charge is -2.37. The van der Waals surface area contributed by atoms with Crippen LogP contribution in [0.5, 0.6) is 11.5 Å². The predicted molar refractivity (Wildman–Crippen MR) is 154 cm³/mol. The third kappa shape index (κ3) is 5.96. The van der Waals surface area contributed by atoms with E-state index in [9.17, 15) is 9.59 Å². The topological polar surface area (TPSA) is 73.9 Å². The lowest BCUT2D eigenvalue weighted by Crippen LogP contribution is -2.36. The summed E-state index contributed by atoms with van der Waals surface area (Å²) in [5.74, 6) is 0.381. The minimum Gasteiger partial charge on any atom is -0.491 e. The molecule has 3 aromatic carbocycles. The lowest BCUT2D eigenvalue weighted by atomic mass is 9.71. The summed E-state index contributed by atoms with van der Waals surface area (Å²) in [6.45, 7) is 6.10. The highest BCUT2D eigenvalue weighted by Gasteiger charge is 2.42. The maximum absolute atomic E-state index is 13.9. The fraction of sp³-hybridized carbons (Fsp3) is 0.294. The van der Waals surface area contributed by atoms with Crippen molar-refractivity contribution in [3.63, 3.8) is 0 Å². The van der Waals surface area contributed by atoms with E-state index in [1.165, 1.54) is 0 Å². The number of hydrogen-bond donors (Lipinski definition) is 1. The van der Waals surface area contributed by atoms with Crippen LogP contribution in [0.3, 0.4) is 0 Å². The summed E-state index contributed by atoms with van der Waals surface area (Å²) < 4.78 is 17.6. The molecular weight excluding hydrogens is 502 g/mol. The summed E-state index contributed by atoms with van der Waals surface area (Å²) in [6, 6.07) is 27.2. The molecule has 1 aliphatic carbocycles. The third-order valence-electron chi connectivity index (χ3n) is 7.24. The number of carbonyl (C=O) groups excluding carboxylic acids is 2. The largest absolute Gasteiger partial charge is 0.491 e. The summed E-state index contributed by atoms with van der Waals surface area (Å²) in [5, 5.41) is 3.42. The van der Waals surface area contributed by atoms with Crippen LogP contribution >= 0.6 is 0 Å². The number of esters is 1. The molecule has 1 heterocycles. The Balaban J connectivity index is 1.47. The molecule has 5 rings (SSSR count). The van der Waals surface area contributed by atoms with Crippen LogP contribution in [-0.2, 0) is 14.3 Å². The van der Waals surface area contributed by atoms with Crippen molar-refractivity contribution in [3.8, 4) is 11.5 Å². The normalized spacial score (nSPS) is 18.8. The minimum atomic E-state index is -0.599. The van der Waals surface area contributed by atoms with Gasteiger partial charge in [-0.05, 0) is 56.9 Å². The second-order valence-corrected chi connectivity index (χ2v) is 10.4. The van der Waals surface area contributed by atoms with Gasteiger partial charge in [-0.15, -0.1) is 0 Å². The summed E-state index contributed by atoms with van der Waals surface area (Å²) >= 11 is 0. The summed E-state index contributed by atoms with van der Waals surface area (Å²) in [6.07, 6.45) is 0.983. The molecule has 1 N–H and O–H groups in total. The Morgan fingerprint density at radius 1 is 0.900 bits per heavy atom. The highest BCUT2D eigenvalue weighted by atomic mass is 16.6. The van der Waals surface area contributed by atoms with Gasteiger partial charge in [-0.25, -0.2) is 4.79 Å². The third-order valence-corrected chi connectivity index (χ3v) is 7.24. The SMILES string of the molecule is CC1=C(C(=O)OCCOc2ccccc2)[C@H](c2ccccc2OC(C)C)C2=C(C[C@@H](c3ccccc3)CC2=O)N1. The van der Waals surface area contributed by atoms with Gasteiger partial charge in [-0.2, -0.15) is 0 Å². The molecule has 0 saturated carbocycles. The van der Waals surface area contributed by atoms with E-state index in [1.807, 2.05) is 93.6 Å². The molecule has 0 radical (unpaired) electrons. The number of dihydropyridines is 1. The Kier molecular flexibility index (Phi) is 8.34. The van der Waals surface area contributed by atoms with E-state index in [4.69, 9.17) is 14.2 Å². The van der Waals surface area contributed by atoms with Gasteiger partial charge in [-0.3, -0.25) is 4.79 Å². The Hall–Kier alpha value is -4.32. The predicted octanol–water partition coefficient (Wildman–Crippen LogP) is 6.46. The van der Waals surface area contributed by atoms with Crippen molar-refractivity contribution >= 4 is 11.8 Å². The van der Waals surface area contributed by atoms with Crippen LogP contribution in [0, 0.1) is 0 Å². The van der Waals surface area contributed by atoms with Gasteiger partial charge in [0.2, 0.25) is 0 Å².